The lowest BCUT2D eigenvalue weighted by molar-refractivity contribution is 0.0947. The number of para-hydroxylation sites is 1. The second-order valence-electron chi connectivity index (χ2n) is 5.40. The molecule has 0 saturated carbocycles. The average molecular weight is 328 g/mol. The monoisotopic (exact) mass is 328 g/mol. The highest BCUT2D eigenvalue weighted by Gasteiger charge is 2.07. The van der Waals surface area contributed by atoms with Gasteiger partial charge in [0.05, 0.1) is 7.11 Å². The second-order valence-corrected chi connectivity index (χ2v) is 5.40. The largest absolute Gasteiger partial charge is 0.496 e. The van der Waals surface area contributed by atoms with Crippen molar-refractivity contribution in [2.75, 3.05) is 25.5 Å². The summed E-state index contributed by atoms with van der Waals surface area (Å²) >= 11 is 0. The zero-order chi connectivity index (χ0) is 17.2. The molecule has 0 aliphatic rings. The van der Waals surface area contributed by atoms with Gasteiger partial charge in [0.2, 0.25) is 0 Å². The Hall–Kier alpha value is -2.63. The highest BCUT2D eigenvalue weighted by Crippen LogP contribution is 2.17. The summed E-state index contributed by atoms with van der Waals surface area (Å²) in [6.07, 6.45) is 2.81. The van der Waals surface area contributed by atoms with Gasteiger partial charge in [-0.3, -0.25) is 4.79 Å². The Labute approximate surface area is 142 Å². The standard InChI is InChI=1S/C18H24N4O2/c1-3-4-12-20-18(23)15-9-10-17(22-21-15)19-13-11-14-7-5-6-8-16(14)24-2/h5-10H,3-4,11-13H2,1-2H3,(H,19,22)(H,20,23). The average Bonchev–Trinajstić information content (AvgIpc) is 2.63. The first-order chi connectivity index (χ1) is 11.7. The number of anilines is 1. The summed E-state index contributed by atoms with van der Waals surface area (Å²) in [5, 5.41) is 14.0. The van der Waals surface area contributed by atoms with Gasteiger partial charge in [0, 0.05) is 13.1 Å². The van der Waals surface area contributed by atoms with Gasteiger partial charge in [-0.25, -0.2) is 0 Å². The third-order valence-electron chi connectivity index (χ3n) is 3.61. The van der Waals surface area contributed by atoms with E-state index in [-0.39, 0.29) is 5.91 Å². The van der Waals surface area contributed by atoms with Crippen molar-refractivity contribution in [1.29, 1.82) is 0 Å². The quantitative estimate of drug-likeness (QED) is 0.692. The van der Waals surface area contributed by atoms with Crippen LogP contribution in [0.15, 0.2) is 36.4 Å². The van der Waals surface area contributed by atoms with Crippen LogP contribution in [-0.2, 0) is 6.42 Å². The maximum Gasteiger partial charge on any atom is 0.271 e. The molecule has 1 heterocycles. The number of hydrogen-bond donors (Lipinski definition) is 2. The van der Waals surface area contributed by atoms with Gasteiger partial charge in [0.1, 0.15) is 11.6 Å². The lowest BCUT2D eigenvalue weighted by Crippen LogP contribution is -2.25. The molecule has 1 aromatic heterocycles. The van der Waals surface area contributed by atoms with Crippen LogP contribution < -0.4 is 15.4 Å². The topological polar surface area (TPSA) is 76.1 Å². The van der Waals surface area contributed by atoms with Crippen LogP contribution in [0.3, 0.4) is 0 Å². The Balaban J connectivity index is 1.82. The lowest BCUT2D eigenvalue weighted by atomic mass is 10.1. The maximum atomic E-state index is 11.9. The fraction of sp³-hybridized carbons (Fsp3) is 0.389. The molecular formula is C18H24N4O2. The maximum absolute atomic E-state index is 11.9. The minimum Gasteiger partial charge on any atom is -0.496 e. The first-order valence-corrected chi connectivity index (χ1v) is 8.22. The van der Waals surface area contributed by atoms with E-state index in [4.69, 9.17) is 4.74 Å². The van der Waals surface area contributed by atoms with Crippen LogP contribution in [0.5, 0.6) is 5.75 Å². The molecule has 2 rings (SSSR count). The highest BCUT2D eigenvalue weighted by molar-refractivity contribution is 5.92. The summed E-state index contributed by atoms with van der Waals surface area (Å²) in [6, 6.07) is 11.4. The van der Waals surface area contributed by atoms with Crippen molar-refractivity contribution in [2.24, 2.45) is 0 Å². The number of ether oxygens (including phenoxy) is 1. The van der Waals surface area contributed by atoms with Gasteiger partial charge in [-0.1, -0.05) is 31.5 Å². The van der Waals surface area contributed by atoms with E-state index >= 15 is 0 Å². The van der Waals surface area contributed by atoms with Gasteiger partial charge < -0.3 is 15.4 Å². The number of nitrogens with zero attached hydrogens (tertiary/aromatic N) is 2. The predicted molar refractivity (Wildman–Crippen MR) is 94.5 cm³/mol. The number of unbranched alkanes of at least 4 members (excludes halogenated alkanes) is 1. The number of benzene rings is 1. The first-order valence-electron chi connectivity index (χ1n) is 8.22. The number of hydrogen-bond acceptors (Lipinski definition) is 5. The van der Waals surface area contributed by atoms with Crippen LogP contribution in [0.1, 0.15) is 35.8 Å². The summed E-state index contributed by atoms with van der Waals surface area (Å²) in [6.45, 7) is 3.45. The van der Waals surface area contributed by atoms with Crippen molar-refractivity contribution in [3.05, 3.63) is 47.7 Å². The van der Waals surface area contributed by atoms with E-state index in [1.54, 1.807) is 19.2 Å². The predicted octanol–water partition coefficient (Wildman–Crippen LogP) is 2.67. The van der Waals surface area contributed by atoms with Crippen LogP contribution in [0, 0.1) is 0 Å². The number of amides is 1. The molecule has 0 bridgehead atoms. The Morgan fingerprint density at radius 3 is 2.67 bits per heavy atom. The van der Waals surface area contributed by atoms with Gasteiger partial charge in [-0.05, 0) is 36.6 Å². The van der Waals surface area contributed by atoms with E-state index in [2.05, 4.69) is 27.8 Å². The minimum absolute atomic E-state index is 0.184. The minimum atomic E-state index is -0.184. The van der Waals surface area contributed by atoms with Crippen molar-refractivity contribution in [2.45, 2.75) is 26.2 Å². The van der Waals surface area contributed by atoms with Crippen molar-refractivity contribution >= 4 is 11.7 Å². The Kier molecular flexibility index (Phi) is 7.01. The fourth-order valence-electron chi connectivity index (χ4n) is 2.25. The van der Waals surface area contributed by atoms with Crippen LogP contribution in [-0.4, -0.2) is 36.3 Å². The van der Waals surface area contributed by atoms with Crippen LogP contribution in [0.2, 0.25) is 0 Å². The molecule has 6 nitrogen and oxygen atoms in total. The van der Waals surface area contributed by atoms with Gasteiger partial charge in [0.25, 0.3) is 5.91 Å². The van der Waals surface area contributed by atoms with E-state index in [1.807, 2.05) is 24.3 Å². The van der Waals surface area contributed by atoms with Crippen LogP contribution in [0.4, 0.5) is 5.82 Å². The molecular weight excluding hydrogens is 304 g/mol. The number of carbonyl (C=O) groups is 1. The second kappa shape index (κ2) is 9.50. The van der Waals surface area contributed by atoms with Gasteiger partial charge in [0.15, 0.2) is 5.69 Å². The lowest BCUT2D eigenvalue weighted by Gasteiger charge is -2.09. The molecule has 0 atom stereocenters. The van der Waals surface area contributed by atoms with E-state index in [0.29, 0.717) is 24.6 Å². The Morgan fingerprint density at radius 1 is 1.12 bits per heavy atom. The molecule has 24 heavy (non-hydrogen) atoms. The number of nitrogens with one attached hydrogen (secondary N) is 2. The molecule has 0 aliphatic carbocycles. The molecule has 0 radical (unpaired) electrons. The van der Waals surface area contributed by atoms with Crippen LogP contribution >= 0.6 is 0 Å². The molecule has 2 N–H and O–H groups in total. The van der Waals surface area contributed by atoms with Crippen molar-refractivity contribution < 1.29 is 9.53 Å². The highest BCUT2D eigenvalue weighted by atomic mass is 16.5. The normalized spacial score (nSPS) is 10.2. The third-order valence-corrected chi connectivity index (χ3v) is 3.61. The smallest absolute Gasteiger partial charge is 0.271 e. The summed E-state index contributed by atoms with van der Waals surface area (Å²) in [7, 11) is 1.67. The van der Waals surface area contributed by atoms with E-state index in [9.17, 15) is 4.79 Å². The van der Waals surface area contributed by atoms with E-state index in [0.717, 1.165) is 30.6 Å². The Bertz CT molecular complexity index is 644. The fourth-order valence-corrected chi connectivity index (χ4v) is 2.25. The van der Waals surface area contributed by atoms with Crippen molar-refractivity contribution in [3.63, 3.8) is 0 Å². The van der Waals surface area contributed by atoms with E-state index in [1.165, 1.54) is 0 Å². The molecule has 0 saturated heterocycles. The SMILES string of the molecule is CCCCNC(=O)c1ccc(NCCc2ccccc2OC)nn1. The third kappa shape index (κ3) is 5.22. The first kappa shape index (κ1) is 17.7. The van der Waals surface area contributed by atoms with E-state index < -0.39 is 0 Å². The zero-order valence-corrected chi connectivity index (χ0v) is 14.2. The molecule has 1 amide bonds. The number of methoxy groups -OCH3 is 1. The summed E-state index contributed by atoms with van der Waals surface area (Å²) < 4.78 is 5.33. The van der Waals surface area contributed by atoms with Gasteiger partial charge in [-0.15, -0.1) is 10.2 Å². The van der Waals surface area contributed by atoms with Crippen molar-refractivity contribution in [3.8, 4) is 5.75 Å². The molecule has 0 spiro atoms. The zero-order valence-electron chi connectivity index (χ0n) is 14.2. The molecule has 128 valence electrons. The number of carbonyl (C=O) groups excluding carboxylic acids is 1. The molecule has 0 aliphatic heterocycles. The summed E-state index contributed by atoms with van der Waals surface area (Å²) in [4.78, 5) is 11.9. The molecule has 0 unspecified atom stereocenters. The van der Waals surface area contributed by atoms with Gasteiger partial charge >= 0.3 is 0 Å². The molecule has 6 heteroatoms. The van der Waals surface area contributed by atoms with Crippen molar-refractivity contribution in [1.82, 2.24) is 15.5 Å². The van der Waals surface area contributed by atoms with Gasteiger partial charge in [-0.2, -0.15) is 0 Å². The number of aromatic nitrogens is 2. The summed E-state index contributed by atoms with van der Waals surface area (Å²) in [5.74, 6) is 1.34. The molecule has 2 aromatic rings. The molecule has 1 aromatic carbocycles. The Morgan fingerprint density at radius 2 is 1.96 bits per heavy atom. The van der Waals surface area contributed by atoms with Crippen LogP contribution in [0.25, 0.3) is 0 Å². The number of rotatable bonds is 9. The summed E-state index contributed by atoms with van der Waals surface area (Å²) in [5.41, 5.74) is 1.47. The molecule has 0 fully saturated rings.